The SMILES string of the molecule is Cc1c(-c2ccc3cnc(Nc4cnc5c(c4)C(C)(C)OC5)nc3c2)cnc2c1NCCO2. The highest BCUT2D eigenvalue weighted by Crippen LogP contribution is 2.37. The molecule has 0 fully saturated rings. The minimum Gasteiger partial charge on any atom is -0.474 e. The fourth-order valence-corrected chi connectivity index (χ4v) is 4.42. The van der Waals surface area contributed by atoms with E-state index < -0.39 is 0 Å². The van der Waals surface area contributed by atoms with E-state index in [9.17, 15) is 0 Å². The first-order chi connectivity index (χ1) is 16.0. The molecule has 5 heterocycles. The van der Waals surface area contributed by atoms with Crippen molar-refractivity contribution >= 4 is 28.2 Å². The van der Waals surface area contributed by atoms with Gasteiger partial charge in [-0.05, 0) is 44.0 Å². The molecule has 0 spiro atoms. The van der Waals surface area contributed by atoms with Gasteiger partial charge < -0.3 is 20.1 Å². The summed E-state index contributed by atoms with van der Waals surface area (Å²) < 4.78 is 11.5. The van der Waals surface area contributed by atoms with E-state index in [-0.39, 0.29) is 5.60 Å². The number of nitrogens with one attached hydrogen (secondary N) is 2. The number of ether oxygens (including phenoxy) is 2. The fourth-order valence-electron chi connectivity index (χ4n) is 4.42. The minimum absolute atomic E-state index is 0.347. The second-order valence-electron chi connectivity index (χ2n) is 8.86. The van der Waals surface area contributed by atoms with E-state index in [1.165, 1.54) is 0 Å². The lowest BCUT2D eigenvalue weighted by Gasteiger charge is -2.21. The quantitative estimate of drug-likeness (QED) is 0.473. The minimum atomic E-state index is -0.347. The van der Waals surface area contributed by atoms with Crippen molar-refractivity contribution in [3.05, 3.63) is 59.7 Å². The number of benzene rings is 1. The molecule has 0 saturated heterocycles. The van der Waals surface area contributed by atoms with Crippen LogP contribution in [0, 0.1) is 6.92 Å². The maximum absolute atomic E-state index is 5.83. The summed E-state index contributed by atoms with van der Waals surface area (Å²) in [5.74, 6) is 1.18. The van der Waals surface area contributed by atoms with Gasteiger partial charge >= 0.3 is 0 Å². The number of hydrogen-bond acceptors (Lipinski definition) is 8. The topological polar surface area (TPSA) is 94.1 Å². The molecule has 0 bridgehead atoms. The summed E-state index contributed by atoms with van der Waals surface area (Å²) in [6.07, 6.45) is 5.49. The van der Waals surface area contributed by atoms with Crippen LogP contribution in [0.2, 0.25) is 0 Å². The van der Waals surface area contributed by atoms with Crippen molar-refractivity contribution in [3.8, 4) is 17.0 Å². The molecule has 33 heavy (non-hydrogen) atoms. The number of fused-ring (bicyclic) bond motifs is 3. The van der Waals surface area contributed by atoms with Gasteiger partial charge in [0.15, 0.2) is 0 Å². The Morgan fingerprint density at radius 2 is 1.97 bits per heavy atom. The third kappa shape index (κ3) is 3.43. The van der Waals surface area contributed by atoms with Crippen LogP contribution in [0.5, 0.6) is 5.88 Å². The molecule has 0 atom stereocenters. The van der Waals surface area contributed by atoms with Crippen molar-refractivity contribution < 1.29 is 9.47 Å². The maximum Gasteiger partial charge on any atom is 0.237 e. The average molecular weight is 441 g/mol. The molecule has 0 saturated carbocycles. The highest BCUT2D eigenvalue weighted by molar-refractivity contribution is 5.86. The van der Waals surface area contributed by atoms with Crippen LogP contribution in [0.3, 0.4) is 0 Å². The summed E-state index contributed by atoms with van der Waals surface area (Å²) in [5, 5.41) is 7.66. The Morgan fingerprint density at radius 3 is 2.88 bits per heavy atom. The largest absolute Gasteiger partial charge is 0.474 e. The number of pyridine rings is 2. The molecule has 4 aromatic rings. The van der Waals surface area contributed by atoms with Gasteiger partial charge in [-0.1, -0.05) is 12.1 Å². The zero-order valence-corrected chi connectivity index (χ0v) is 18.8. The van der Waals surface area contributed by atoms with E-state index in [1.54, 1.807) is 6.20 Å². The summed E-state index contributed by atoms with van der Waals surface area (Å²) >= 11 is 0. The smallest absolute Gasteiger partial charge is 0.237 e. The first kappa shape index (κ1) is 19.9. The molecule has 8 heteroatoms. The first-order valence-electron chi connectivity index (χ1n) is 11.0. The van der Waals surface area contributed by atoms with Gasteiger partial charge in [0.05, 0.1) is 35.3 Å². The molecule has 6 rings (SSSR count). The standard InChI is InChI=1S/C25H24N6O2/c1-14-18(12-28-23-22(14)26-6-7-32-23)15-4-5-16-10-29-24(31-20(16)8-15)30-17-9-19-21(27-11-17)13-33-25(19,2)3/h4-5,8-12,26H,6-7,13H2,1-3H3,(H,29,30,31). The van der Waals surface area contributed by atoms with Crippen LogP contribution in [-0.4, -0.2) is 33.1 Å². The zero-order valence-electron chi connectivity index (χ0n) is 18.8. The van der Waals surface area contributed by atoms with Gasteiger partial charge in [-0.3, -0.25) is 4.98 Å². The van der Waals surface area contributed by atoms with Crippen LogP contribution in [0.4, 0.5) is 17.3 Å². The lowest BCUT2D eigenvalue weighted by molar-refractivity contribution is -0.00839. The molecule has 8 nitrogen and oxygen atoms in total. The maximum atomic E-state index is 5.83. The zero-order chi connectivity index (χ0) is 22.6. The molecule has 2 aliphatic heterocycles. The third-order valence-electron chi connectivity index (χ3n) is 6.28. The third-order valence-corrected chi connectivity index (χ3v) is 6.28. The van der Waals surface area contributed by atoms with Crippen molar-refractivity contribution in [2.45, 2.75) is 33.0 Å². The van der Waals surface area contributed by atoms with Crippen LogP contribution in [0.25, 0.3) is 22.0 Å². The molecule has 2 aliphatic rings. The molecule has 0 amide bonds. The van der Waals surface area contributed by atoms with E-state index in [0.29, 0.717) is 25.0 Å². The molecule has 0 unspecified atom stereocenters. The monoisotopic (exact) mass is 440 g/mol. The number of aromatic nitrogens is 4. The molecule has 0 aliphatic carbocycles. The second-order valence-corrected chi connectivity index (χ2v) is 8.86. The Labute approximate surface area is 191 Å². The summed E-state index contributed by atoms with van der Waals surface area (Å²) in [6, 6.07) is 8.25. The highest BCUT2D eigenvalue weighted by atomic mass is 16.5. The summed E-state index contributed by atoms with van der Waals surface area (Å²) in [4.78, 5) is 18.3. The number of rotatable bonds is 3. The Balaban J connectivity index is 1.34. The number of anilines is 3. The van der Waals surface area contributed by atoms with Crippen molar-refractivity contribution in [2.75, 3.05) is 23.8 Å². The lowest BCUT2D eigenvalue weighted by atomic mass is 9.99. The molecule has 3 aromatic heterocycles. The predicted octanol–water partition coefficient (Wildman–Crippen LogP) is 4.71. The Kier molecular flexibility index (Phi) is 4.45. The Bertz CT molecular complexity index is 1400. The van der Waals surface area contributed by atoms with Gasteiger partial charge in [0.25, 0.3) is 0 Å². The normalized spacial score (nSPS) is 16.0. The molecular formula is C25H24N6O2. The van der Waals surface area contributed by atoms with E-state index in [4.69, 9.17) is 14.5 Å². The Hall–Kier alpha value is -3.78. The number of hydrogen-bond donors (Lipinski definition) is 2. The van der Waals surface area contributed by atoms with Crippen LogP contribution in [-0.2, 0) is 16.9 Å². The van der Waals surface area contributed by atoms with Crippen LogP contribution >= 0.6 is 0 Å². The van der Waals surface area contributed by atoms with Crippen molar-refractivity contribution in [3.63, 3.8) is 0 Å². The highest BCUT2D eigenvalue weighted by Gasteiger charge is 2.32. The summed E-state index contributed by atoms with van der Waals surface area (Å²) in [5.41, 5.74) is 7.57. The summed E-state index contributed by atoms with van der Waals surface area (Å²) in [6.45, 7) is 8.14. The van der Waals surface area contributed by atoms with Crippen LogP contribution in [0.15, 0.2) is 42.9 Å². The van der Waals surface area contributed by atoms with Gasteiger partial charge in [-0.2, -0.15) is 0 Å². The van der Waals surface area contributed by atoms with Gasteiger partial charge in [-0.15, -0.1) is 0 Å². The van der Waals surface area contributed by atoms with Crippen molar-refractivity contribution in [1.82, 2.24) is 19.9 Å². The number of nitrogens with zero attached hydrogens (tertiary/aromatic N) is 4. The summed E-state index contributed by atoms with van der Waals surface area (Å²) in [7, 11) is 0. The van der Waals surface area contributed by atoms with Gasteiger partial charge in [0.1, 0.15) is 12.3 Å². The molecule has 0 radical (unpaired) electrons. The van der Waals surface area contributed by atoms with E-state index >= 15 is 0 Å². The molecule has 2 N–H and O–H groups in total. The predicted molar refractivity (Wildman–Crippen MR) is 127 cm³/mol. The van der Waals surface area contributed by atoms with Crippen molar-refractivity contribution in [1.29, 1.82) is 0 Å². The second kappa shape index (κ2) is 7.38. The molecule has 1 aromatic carbocycles. The van der Waals surface area contributed by atoms with E-state index in [2.05, 4.69) is 64.6 Å². The van der Waals surface area contributed by atoms with Gasteiger partial charge in [-0.25, -0.2) is 15.0 Å². The first-order valence-corrected chi connectivity index (χ1v) is 11.0. The van der Waals surface area contributed by atoms with E-state index in [1.807, 2.05) is 18.5 Å². The molecular weight excluding hydrogens is 416 g/mol. The van der Waals surface area contributed by atoms with Crippen LogP contribution in [0.1, 0.15) is 30.7 Å². The average Bonchev–Trinajstić information content (AvgIpc) is 3.13. The van der Waals surface area contributed by atoms with E-state index in [0.717, 1.165) is 56.8 Å². The molecule has 166 valence electrons. The fraction of sp³-hybridized carbons (Fsp3) is 0.280. The van der Waals surface area contributed by atoms with Gasteiger partial charge in [0.2, 0.25) is 11.8 Å². The Morgan fingerprint density at radius 1 is 1.06 bits per heavy atom. The van der Waals surface area contributed by atoms with Crippen molar-refractivity contribution in [2.24, 2.45) is 0 Å². The van der Waals surface area contributed by atoms with Crippen LogP contribution < -0.4 is 15.4 Å². The van der Waals surface area contributed by atoms with Gasteiger partial charge in [0, 0.05) is 35.5 Å². The lowest BCUT2D eigenvalue weighted by Crippen LogP contribution is -2.20.